The Hall–Kier alpha value is -3.51. The molecule has 230 valence electrons. The highest BCUT2D eigenvalue weighted by Gasteiger charge is 2.85. The largest absolute Gasteiger partial charge is 0.465 e. The molecule has 42 heavy (non-hydrogen) atoms. The average Bonchev–Trinajstić information content (AvgIpc) is 3.07. The molecule has 1 aromatic rings. The monoisotopic (exact) mass is 590 g/mol. The lowest BCUT2D eigenvalue weighted by atomic mass is 9.47. The van der Waals surface area contributed by atoms with E-state index in [0.717, 1.165) is 13.8 Å². The summed E-state index contributed by atoms with van der Waals surface area (Å²) in [6.45, 7) is 9.30. The van der Waals surface area contributed by atoms with Crippen LogP contribution < -0.4 is 0 Å². The smallest absolute Gasteiger partial charge is 0.338 e. The van der Waals surface area contributed by atoms with Gasteiger partial charge >= 0.3 is 29.8 Å². The Bertz CT molecular complexity index is 1240. The Labute approximate surface area is 243 Å². The summed E-state index contributed by atoms with van der Waals surface area (Å²) in [5.41, 5.74) is -4.58. The highest BCUT2D eigenvalue weighted by atomic mass is 16.6. The van der Waals surface area contributed by atoms with E-state index < -0.39 is 95.4 Å². The normalized spacial score (nSPS) is 36.1. The molecule has 0 amide bonds. The minimum absolute atomic E-state index is 0.0738. The Morgan fingerprint density at radius 2 is 1.43 bits per heavy atom. The number of aliphatic hydroxyl groups excluding tert-OH is 1. The van der Waals surface area contributed by atoms with Gasteiger partial charge in [0.05, 0.1) is 17.1 Å². The summed E-state index contributed by atoms with van der Waals surface area (Å²) in [7, 11) is 0. The summed E-state index contributed by atoms with van der Waals surface area (Å²) in [5.74, 6) is -5.16. The van der Waals surface area contributed by atoms with Crippen molar-refractivity contribution in [2.45, 2.75) is 96.6 Å². The fraction of sp³-hybridized carbons (Fsp3) is 0.633. The predicted molar refractivity (Wildman–Crippen MR) is 143 cm³/mol. The summed E-state index contributed by atoms with van der Waals surface area (Å²) in [6, 6.07) is 8.10. The molecule has 3 fully saturated rings. The van der Waals surface area contributed by atoms with Crippen LogP contribution in [0.2, 0.25) is 0 Å². The van der Waals surface area contributed by atoms with Crippen molar-refractivity contribution in [3.8, 4) is 0 Å². The molecule has 0 radical (unpaired) electrons. The number of rotatable bonds is 7. The van der Waals surface area contributed by atoms with Gasteiger partial charge in [0.1, 0.15) is 42.0 Å². The highest BCUT2D eigenvalue weighted by molar-refractivity contribution is 5.89. The van der Waals surface area contributed by atoms with Crippen LogP contribution in [0.3, 0.4) is 0 Å². The second-order valence-corrected chi connectivity index (χ2v) is 11.9. The fourth-order valence-electron chi connectivity index (χ4n) is 7.47. The molecular formula is C30H38O12. The summed E-state index contributed by atoms with van der Waals surface area (Å²) in [4.78, 5) is 63.2. The molecule has 1 spiro atoms. The van der Waals surface area contributed by atoms with Gasteiger partial charge in [-0.25, -0.2) is 4.79 Å². The van der Waals surface area contributed by atoms with Crippen LogP contribution in [0.25, 0.3) is 0 Å². The van der Waals surface area contributed by atoms with Crippen molar-refractivity contribution < 1.29 is 57.5 Å². The quantitative estimate of drug-likeness (QED) is 0.364. The first-order chi connectivity index (χ1) is 19.6. The number of carbonyl (C=O) groups excluding carboxylic acids is 5. The lowest BCUT2D eigenvalue weighted by Gasteiger charge is -2.64. The number of aliphatic hydroxyl groups is 1. The maximum Gasteiger partial charge on any atom is 0.338 e. The molecule has 1 aliphatic heterocycles. The number of carbonyl (C=O) groups is 5. The van der Waals surface area contributed by atoms with Gasteiger partial charge in [-0.3, -0.25) is 19.2 Å². The van der Waals surface area contributed by atoms with Gasteiger partial charge in [0.2, 0.25) is 0 Å². The van der Waals surface area contributed by atoms with Crippen LogP contribution in [0.15, 0.2) is 30.3 Å². The topological polar surface area (TPSA) is 161 Å². The molecule has 1 N–H and O–H groups in total. The van der Waals surface area contributed by atoms with Crippen LogP contribution in [-0.2, 0) is 47.6 Å². The minimum atomic E-state index is -1.94. The standard InChI is InChI=1S/C30H38O12/c1-15-13-21(38-17(3)32)24(35)29(14-37-16(2)31)26(40-19(5)34)23(41-27(36)20-11-9-8-10-12-20)22-25(39-18(4)33)30(15,29)42-28(22,6)7/h8-12,15,21-26,35H,13-14H2,1-7H3/t15-,21+,22-,23-,24+,25-,26-,29+,30-/m1/s1. The zero-order valence-corrected chi connectivity index (χ0v) is 24.8. The van der Waals surface area contributed by atoms with E-state index in [4.69, 9.17) is 28.4 Å². The molecule has 0 aromatic heterocycles. The van der Waals surface area contributed by atoms with Crippen LogP contribution in [0.4, 0.5) is 0 Å². The Morgan fingerprint density at radius 1 is 0.857 bits per heavy atom. The highest BCUT2D eigenvalue weighted by Crippen LogP contribution is 2.68. The van der Waals surface area contributed by atoms with Gasteiger partial charge in [-0.05, 0) is 38.3 Å². The molecule has 1 heterocycles. The van der Waals surface area contributed by atoms with Gasteiger partial charge in [0.15, 0.2) is 6.10 Å². The van der Waals surface area contributed by atoms with Crippen molar-refractivity contribution in [1.29, 1.82) is 0 Å². The number of hydrogen-bond donors (Lipinski definition) is 1. The Morgan fingerprint density at radius 3 is 1.98 bits per heavy atom. The lowest BCUT2D eigenvalue weighted by molar-refractivity contribution is -0.329. The van der Waals surface area contributed by atoms with E-state index >= 15 is 0 Å². The van der Waals surface area contributed by atoms with E-state index in [1.54, 1.807) is 51.1 Å². The maximum absolute atomic E-state index is 13.5. The van der Waals surface area contributed by atoms with Gasteiger partial charge in [0.25, 0.3) is 0 Å². The minimum Gasteiger partial charge on any atom is -0.465 e. The second-order valence-electron chi connectivity index (χ2n) is 11.9. The van der Waals surface area contributed by atoms with E-state index in [1.807, 2.05) is 0 Å². The van der Waals surface area contributed by atoms with Gasteiger partial charge in [0, 0.05) is 27.7 Å². The molecule has 12 heteroatoms. The Balaban J connectivity index is 2.03. The molecule has 2 saturated carbocycles. The molecule has 1 aromatic carbocycles. The number of ether oxygens (including phenoxy) is 6. The first kappa shape index (κ1) is 31.4. The van der Waals surface area contributed by atoms with Crippen molar-refractivity contribution in [1.82, 2.24) is 0 Å². The SMILES string of the molecule is CC(=O)OC[C@]12[C@H](OC(C)=O)[C@H](OC(=O)c3ccccc3)[C@@H]3[C@@H](OC(C)=O)[C@]1(OC3(C)C)[C@H](C)C[C@H](OC(C)=O)[C@@H]2O. The third kappa shape index (κ3) is 5.04. The molecular weight excluding hydrogens is 552 g/mol. The number of fused-ring (bicyclic) bond motifs is 1. The zero-order chi connectivity index (χ0) is 31.2. The van der Waals surface area contributed by atoms with Crippen molar-refractivity contribution >= 4 is 29.8 Å². The van der Waals surface area contributed by atoms with Crippen molar-refractivity contribution in [2.24, 2.45) is 17.3 Å². The van der Waals surface area contributed by atoms with Crippen LogP contribution in [0.5, 0.6) is 0 Å². The molecule has 2 aliphatic carbocycles. The van der Waals surface area contributed by atoms with E-state index in [0.29, 0.717) is 0 Å². The van der Waals surface area contributed by atoms with E-state index in [2.05, 4.69) is 0 Å². The Kier molecular flexibility index (Phi) is 8.45. The van der Waals surface area contributed by atoms with E-state index in [1.165, 1.54) is 13.8 Å². The third-order valence-electron chi connectivity index (χ3n) is 8.74. The summed E-state index contributed by atoms with van der Waals surface area (Å²) in [6.07, 6.45) is -6.80. The van der Waals surface area contributed by atoms with Crippen LogP contribution in [-0.4, -0.2) is 83.3 Å². The molecule has 3 aliphatic rings. The van der Waals surface area contributed by atoms with Crippen molar-refractivity contribution in [2.75, 3.05) is 6.61 Å². The van der Waals surface area contributed by atoms with Gasteiger partial charge in [-0.15, -0.1) is 0 Å². The molecule has 9 atom stereocenters. The summed E-state index contributed by atoms with van der Waals surface area (Å²) < 4.78 is 35.9. The fourth-order valence-corrected chi connectivity index (χ4v) is 7.47. The predicted octanol–water partition coefficient (Wildman–Crippen LogP) is 2.13. The number of esters is 5. The maximum atomic E-state index is 13.5. The lowest BCUT2D eigenvalue weighted by Crippen LogP contribution is -2.81. The molecule has 0 unspecified atom stereocenters. The van der Waals surface area contributed by atoms with Gasteiger partial charge < -0.3 is 33.5 Å². The molecule has 1 saturated heterocycles. The number of hydrogen-bond acceptors (Lipinski definition) is 12. The second kappa shape index (κ2) is 11.3. The van der Waals surface area contributed by atoms with E-state index in [9.17, 15) is 29.1 Å². The van der Waals surface area contributed by atoms with Crippen LogP contribution in [0, 0.1) is 17.3 Å². The van der Waals surface area contributed by atoms with Crippen molar-refractivity contribution in [3.05, 3.63) is 35.9 Å². The average molecular weight is 591 g/mol. The third-order valence-corrected chi connectivity index (χ3v) is 8.74. The first-order valence-electron chi connectivity index (χ1n) is 13.9. The molecule has 4 rings (SSSR count). The molecule has 2 bridgehead atoms. The van der Waals surface area contributed by atoms with Gasteiger partial charge in [-0.2, -0.15) is 0 Å². The summed E-state index contributed by atoms with van der Waals surface area (Å²) >= 11 is 0. The van der Waals surface area contributed by atoms with E-state index in [-0.39, 0.29) is 12.0 Å². The zero-order valence-electron chi connectivity index (χ0n) is 24.8. The first-order valence-corrected chi connectivity index (χ1v) is 13.9. The van der Waals surface area contributed by atoms with Crippen LogP contribution >= 0.6 is 0 Å². The molecule has 12 nitrogen and oxygen atoms in total. The summed E-state index contributed by atoms with van der Waals surface area (Å²) in [5, 5.41) is 12.2. The van der Waals surface area contributed by atoms with Crippen LogP contribution in [0.1, 0.15) is 65.2 Å². The van der Waals surface area contributed by atoms with Crippen molar-refractivity contribution in [3.63, 3.8) is 0 Å². The number of benzene rings is 1. The van der Waals surface area contributed by atoms with Gasteiger partial charge in [-0.1, -0.05) is 25.1 Å².